The Bertz CT molecular complexity index is 564. The lowest BCUT2D eigenvalue weighted by molar-refractivity contribution is -0.108. The van der Waals surface area contributed by atoms with Gasteiger partial charge in [-0.3, -0.25) is 4.84 Å². The topological polar surface area (TPSA) is 72.6 Å². The van der Waals surface area contributed by atoms with Gasteiger partial charge >= 0.3 is 0 Å². The normalized spacial score (nSPS) is 17.6. The first kappa shape index (κ1) is 14.3. The zero-order valence-corrected chi connectivity index (χ0v) is 12.4. The van der Waals surface area contributed by atoms with Crippen molar-refractivity contribution in [2.45, 2.75) is 38.5 Å². The summed E-state index contributed by atoms with van der Waals surface area (Å²) in [5.74, 6) is 0. The van der Waals surface area contributed by atoms with Gasteiger partial charge in [-0.05, 0) is 56.4 Å². The highest BCUT2D eigenvalue weighted by Crippen LogP contribution is 2.31. The average molecular weight is 284 g/mol. The number of nitrogens with zero attached hydrogens (tertiary/aromatic N) is 1. The minimum absolute atomic E-state index is 0.284. The third kappa shape index (κ3) is 2.48. The van der Waals surface area contributed by atoms with Crippen LogP contribution in [0.2, 0.25) is 0 Å². The molecule has 1 aromatic carbocycles. The fourth-order valence-electron chi connectivity index (χ4n) is 2.29. The second-order valence-electron chi connectivity index (χ2n) is 4.93. The number of nitrogens with two attached hydrogens (primary N) is 1. The van der Waals surface area contributed by atoms with Crippen LogP contribution in [0.4, 0.5) is 5.69 Å². The first-order valence-corrected chi connectivity index (χ1v) is 7.81. The molecule has 1 saturated heterocycles. The Labute approximate surface area is 114 Å². The van der Waals surface area contributed by atoms with Crippen LogP contribution in [0.1, 0.15) is 29.5 Å². The summed E-state index contributed by atoms with van der Waals surface area (Å²) in [6.07, 6.45) is 1.71. The molecule has 1 aliphatic rings. The number of sulfonamides is 1. The molecule has 1 aromatic rings. The number of anilines is 1. The van der Waals surface area contributed by atoms with Crippen molar-refractivity contribution in [3.63, 3.8) is 0 Å². The number of nitrogen functional groups attached to an aromatic ring is 1. The van der Waals surface area contributed by atoms with Crippen LogP contribution in [0.5, 0.6) is 0 Å². The van der Waals surface area contributed by atoms with E-state index in [2.05, 4.69) is 0 Å². The summed E-state index contributed by atoms with van der Waals surface area (Å²) >= 11 is 0. The maximum absolute atomic E-state index is 12.7. The van der Waals surface area contributed by atoms with Crippen molar-refractivity contribution in [1.29, 1.82) is 0 Å². The predicted octanol–water partition coefficient (Wildman–Crippen LogP) is 1.91. The van der Waals surface area contributed by atoms with E-state index in [0.29, 0.717) is 24.4 Å². The molecule has 0 bridgehead atoms. The highest BCUT2D eigenvalue weighted by molar-refractivity contribution is 7.89. The number of benzene rings is 1. The standard InChI is InChI=1S/C13H20N2O3S/c1-9-8-12(14)11(3)13(10(9)2)19(16,17)15-6-4-5-7-18-15/h8H,4-7,14H2,1-3H3. The Morgan fingerprint density at radius 2 is 1.89 bits per heavy atom. The molecule has 2 rings (SSSR count). The summed E-state index contributed by atoms with van der Waals surface area (Å²) in [5.41, 5.74) is 8.60. The van der Waals surface area contributed by atoms with Gasteiger partial charge in [0, 0.05) is 12.2 Å². The maximum atomic E-state index is 12.7. The number of rotatable bonds is 2. The first-order valence-electron chi connectivity index (χ1n) is 6.37. The number of hydroxylamine groups is 1. The molecule has 2 N–H and O–H groups in total. The molecule has 106 valence electrons. The molecule has 0 atom stereocenters. The molecule has 0 amide bonds. The van der Waals surface area contributed by atoms with Crippen LogP contribution in [0.3, 0.4) is 0 Å². The van der Waals surface area contributed by atoms with Gasteiger partial charge in [0.1, 0.15) is 0 Å². The summed E-state index contributed by atoms with van der Waals surface area (Å²) in [5, 5.41) is 0. The summed E-state index contributed by atoms with van der Waals surface area (Å²) in [4.78, 5) is 5.58. The monoisotopic (exact) mass is 284 g/mol. The van der Waals surface area contributed by atoms with E-state index in [1.54, 1.807) is 19.9 Å². The summed E-state index contributed by atoms with van der Waals surface area (Å²) in [6, 6.07) is 1.81. The van der Waals surface area contributed by atoms with E-state index < -0.39 is 10.0 Å². The van der Waals surface area contributed by atoms with Crippen LogP contribution in [0.25, 0.3) is 0 Å². The molecule has 1 fully saturated rings. The van der Waals surface area contributed by atoms with Gasteiger partial charge in [-0.2, -0.15) is 0 Å². The number of aryl methyl sites for hydroxylation is 1. The molecule has 0 unspecified atom stereocenters. The van der Waals surface area contributed by atoms with Crippen molar-refractivity contribution in [3.05, 3.63) is 22.8 Å². The Balaban J connectivity index is 2.57. The van der Waals surface area contributed by atoms with E-state index in [-0.39, 0.29) is 4.90 Å². The molecule has 1 aliphatic heterocycles. The van der Waals surface area contributed by atoms with Gasteiger partial charge in [0.2, 0.25) is 0 Å². The van der Waals surface area contributed by atoms with E-state index in [4.69, 9.17) is 10.6 Å². The first-order chi connectivity index (χ1) is 8.85. The molecule has 5 nitrogen and oxygen atoms in total. The zero-order chi connectivity index (χ0) is 14.2. The number of hydrogen-bond acceptors (Lipinski definition) is 4. The van der Waals surface area contributed by atoms with Gasteiger partial charge in [0.25, 0.3) is 10.0 Å². The maximum Gasteiger partial charge on any atom is 0.265 e. The summed E-state index contributed by atoms with van der Waals surface area (Å²) < 4.78 is 26.5. The van der Waals surface area contributed by atoms with E-state index >= 15 is 0 Å². The minimum Gasteiger partial charge on any atom is -0.398 e. The van der Waals surface area contributed by atoms with E-state index in [1.165, 1.54) is 0 Å². The van der Waals surface area contributed by atoms with Crippen LogP contribution in [-0.4, -0.2) is 26.0 Å². The zero-order valence-electron chi connectivity index (χ0n) is 11.6. The molecule has 0 aliphatic carbocycles. The lowest BCUT2D eigenvalue weighted by atomic mass is 10.1. The number of hydrogen-bond donors (Lipinski definition) is 1. The van der Waals surface area contributed by atoms with E-state index in [9.17, 15) is 8.42 Å². The van der Waals surface area contributed by atoms with E-state index in [0.717, 1.165) is 28.4 Å². The van der Waals surface area contributed by atoms with Crippen LogP contribution in [0.15, 0.2) is 11.0 Å². The van der Waals surface area contributed by atoms with Crippen molar-refractivity contribution >= 4 is 15.7 Å². The van der Waals surface area contributed by atoms with Crippen molar-refractivity contribution < 1.29 is 13.3 Å². The Morgan fingerprint density at radius 3 is 2.47 bits per heavy atom. The third-order valence-corrected chi connectivity index (χ3v) is 5.53. The van der Waals surface area contributed by atoms with Crippen LogP contribution in [0, 0.1) is 20.8 Å². The lowest BCUT2D eigenvalue weighted by Gasteiger charge is -2.27. The second-order valence-corrected chi connectivity index (χ2v) is 6.70. The van der Waals surface area contributed by atoms with Crippen LogP contribution < -0.4 is 5.73 Å². The van der Waals surface area contributed by atoms with Crippen molar-refractivity contribution in [3.8, 4) is 0 Å². The van der Waals surface area contributed by atoms with Gasteiger partial charge in [-0.15, -0.1) is 0 Å². The fraction of sp³-hybridized carbons (Fsp3) is 0.538. The molecule has 6 heteroatoms. The summed E-state index contributed by atoms with van der Waals surface area (Å²) in [7, 11) is -3.64. The smallest absolute Gasteiger partial charge is 0.265 e. The quantitative estimate of drug-likeness (QED) is 0.842. The SMILES string of the molecule is Cc1cc(N)c(C)c(S(=O)(=O)N2CCCCO2)c1C. The highest BCUT2D eigenvalue weighted by atomic mass is 32.2. The van der Waals surface area contributed by atoms with Gasteiger partial charge < -0.3 is 5.73 Å². The Hall–Kier alpha value is -1.11. The molecule has 1 heterocycles. The molecule has 0 aromatic heterocycles. The molecule has 0 saturated carbocycles. The Morgan fingerprint density at radius 1 is 1.21 bits per heavy atom. The van der Waals surface area contributed by atoms with Crippen molar-refractivity contribution in [1.82, 2.24) is 4.47 Å². The van der Waals surface area contributed by atoms with Gasteiger partial charge in [-0.25, -0.2) is 8.42 Å². The van der Waals surface area contributed by atoms with E-state index in [1.807, 2.05) is 6.92 Å². The van der Waals surface area contributed by atoms with Gasteiger partial charge in [0.05, 0.1) is 11.5 Å². The highest BCUT2D eigenvalue weighted by Gasteiger charge is 2.31. The van der Waals surface area contributed by atoms with Crippen molar-refractivity contribution in [2.75, 3.05) is 18.9 Å². The Kier molecular flexibility index (Phi) is 3.85. The van der Waals surface area contributed by atoms with Gasteiger partial charge in [-0.1, -0.05) is 4.47 Å². The molecule has 0 spiro atoms. The predicted molar refractivity (Wildman–Crippen MR) is 74.1 cm³/mol. The van der Waals surface area contributed by atoms with Crippen LogP contribution >= 0.6 is 0 Å². The average Bonchev–Trinajstić information content (AvgIpc) is 2.37. The van der Waals surface area contributed by atoms with Gasteiger partial charge in [0.15, 0.2) is 0 Å². The summed E-state index contributed by atoms with van der Waals surface area (Å²) in [6.45, 7) is 6.24. The second kappa shape index (κ2) is 5.11. The van der Waals surface area contributed by atoms with Crippen molar-refractivity contribution in [2.24, 2.45) is 0 Å². The molecule has 0 radical (unpaired) electrons. The molecular formula is C13H20N2O3S. The largest absolute Gasteiger partial charge is 0.398 e. The van der Waals surface area contributed by atoms with Crippen LogP contribution in [-0.2, 0) is 14.9 Å². The molecule has 19 heavy (non-hydrogen) atoms. The lowest BCUT2D eigenvalue weighted by Crippen LogP contribution is -2.36. The third-order valence-electron chi connectivity index (χ3n) is 3.57. The minimum atomic E-state index is -3.64. The fourth-order valence-corrected chi connectivity index (χ4v) is 4.13. The molecular weight excluding hydrogens is 264 g/mol.